The summed E-state index contributed by atoms with van der Waals surface area (Å²) in [5.74, 6) is 1.13. The quantitative estimate of drug-likeness (QED) is 0.354. The van der Waals surface area contributed by atoms with E-state index in [1.165, 1.54) is 11.1 Å². The third kappa shape index (κ3) is 6.64. The topological polar surface area (TPSA) is 47.5 Å². The van der Waals surface area contributed by atoms with Crippen molar-refractivity contribution in [2.45, 2.75) is 38.7 Å². The van der Waals surface area contributed by atoms with Gasteiger partial charge in [0.2, 0.25) is 0 Å². The van der Waals surface area contributed by atoms with Gasteiger partial charge in [-0.2, -0.15) is 0 Å². The first-order valence-corrected chi connectivity index (χ1v) is 12.3. The smallest absolute Gasteiger partial charge is 0.118 e. The molecule has 0 fully saturated rings. The number of aliphatic hydroxyl groups is 1. The number of aliphatic hydroxyl groups excluding tert-OH is 1. The van der Waals surface area contributed by atoms with E-state index in [9.17, 15) is 5.11 Å². The average Bonchev–Trinajstić information content (AvgIpc) is 3.14. The molecular weight excluding hydrogens is 486 g/mol. The van der Waals surface area contributed by atoms with Crippen LogP contribution >= 0.6 is 15.9 Å². The number of nitrogens with zero attached hydrogens (tertiary/aromatic N) is 1. The van der Waals surface area contributed by atoms with E-state index in [2.05, 4.69) is 83.2 Å². The molecule has 2 aromatic rings. The van der Waals surface area contributed by atoms with E-state index < -0.39 is 0 Å². The van der Waals surface area contributed by atoms with Crippen LogP contribution in [0, 0.1) is 0 Å². The molecule has 0 amide bonds. The van der Waals surface area contributed by atoms with Crippen LogP contribution in [0.3, 0.4) is 0 Å². The van der Waals surface area contributed by atoms with Gasteiger partial charge in [-0.3, -0.25) is 0 Å². The minimum Gasteiger partial charge on any atom is -0.392 e. The van der Waals surface area contributed by atoms with Crippen LogP contribution < -0.4 is 15.5 Å². The van der Waals surface area contributed by atoms with E-state index in [1.807, 2.05) is 51.5 Å². The molecule has 4 nitrogen and oxygen atoms in total. The summed E-state index contributed by atoms with van der Waals surface area (Å²) in [6.07, 6.45) is 1.53. The molecule has 3 rings (SSSR count). The number of nitrogens with one attached hydrogen (secondary N) is 2. The van der Waals surface area contributed by atoms with Gasteiger partial charge in [-0.1, -0.05) is 76.0 Å². The molecule has 2 unspecified atom stereocenters. The summed E-state index contributed by atoms with van der Waals surface area (Å²) < 4.78 is 0.857. The Kier molecular flexibility index (Phi) is 10.2. The number of anilines is 1. The lowest BCUT2D eigenvalue weighted by Crippen LogP contribution is -2.24. The summed E-state index contributed by atoms with van der Waals surface area (Å²) in [7, 11) is 5.89. The van der Waals surface area contributed by atoms with Gasteiger partial charge in [0.1, 0.15) is 5.82 Å². The van der Waals surface area contributed by atoms with Crippen molar-refractivity contribution in [3.63, 3.8) is 0 Å². The van der Waals surface area contributed by atoms with Gasteiger partial charge in [-0.05, 0) is 57.1 Å². The summed E-state index contributed by atoms with van der Waals surface area (Å²) >= 11 is 3.60. The van der Waals surface area contributed by atoms with Gasteiger partial charge in [0.15, 0.2) is 0 Å². The van der Waals surface area contributed by atoms with Crippen LogP contribution in [0.1, 0.15) is 42.9 Å². The van der Waals surface area contributed by atoms with Crippen LogP contribution in [0.4, 0.5) is 5.69 Å². The minimum atomic E-state index is -0.160. The zero-order valence-corrected chi connectivity index (χ0v) is 22.7. The highest BCUT2D eigenvalue weighted by Crippen LogP contribution is 2.32. The molecule has 1 aliphatic carbocycles. The molecule has 34 heavy (non-hydrogen) atoms. The van der Waals surface area contributed by atoms with Crippen LogP contribution in [-0.2, 0) is 6.42 Å². The van der Waals surface area contributed by atoms with Gasteiger partial charge in [-0.25, -0.2) is 0 Å². The van der Waals surface area contributed by atoms with E-state index in [0.717, 1.165) is 51.2 Å². The number of halogens is 1. The Hall–Kier alpha value is -2.76. The molecule has 0 spiro atoms. The number of benzene rings is 2. The molecule has 5 heteroatoms. The highest BCUT2D eigenvalue weighted by molar-refractivity contribution is 9.12. The number of fused-ring (bicyclic) bond motifs is 1. The van der Waals surface area contributed by atoms with Crippen molar-refractivity contribution in [2.24, 2.45) is 0 Å². The second-order valence-electron chi connectivity index (χ2n) is 8.65. The molecule has 182 valence electrons. The molecule has 0 saturated carbocycles. The maximum atomic E-state index is 9.52. The fraction of sp³-hybridized carbons (Fsp3) is 0.310. The predicted molar refractivity (Wildman–Crippen MR) is 151 cm³/mol. The van der Waals surface area contributed by atoms with Crippen molar-refractivity contribution < 1.29 is 5.11 Å². The van der Waals surface area contributed by atoms with E-state index >= 15 is 0 Å². The molecule has 2 atom stereocenters. The van der Waals surface area contributed by atoms with E-state index in [0.29, 0.717) is 5.92 Å². The fourth-order valence-electron chi connectivity index (χ4n) is 3.86. The molecule has 2 aromatic carbocycles. The zero-order valence-electron chi connectivity index (χ0n) is 21.1. The lowest BCUT2D eigenvalue weighted by Gasteiger charge is -2.21. The second kappa shape index (κ2) is 12.6. The van der Waals surface area contributed by atoms with Gasteiger partial charge in [0.05, 0.1) is 10.6 Å². The van der Waals surface area contributed by atoms with E-state index in [-0.39, 0.29) is 6.10 Å². The van der Waals surface area contributed by atoms with Crippen LogP contribution in [0.15, 0.2) is 89.7 Å². The van der Waals surface area contributed by atoms with Crippen LogP contribution in [0.5, 0.6) is 0 Å². The highest BCUT2D eigenvalue weighted by Gasteiger charge is 2.26. The summed E-state index contributed by atoms with van der Waals surface area (Å²) in [4.78, 5) is 2.07. The molecule has 0 bridgehead atoms. The number of hydrogen-bond acceptors (Lipinski definition) is 4. The maximum Gasteiger partial charge on any atom is 0.118 e. The van der Waals surface area contributed by atoms with Gasteiger partial charge >= 0.3 is 0 Å². The molecular formula is C29H38BrN3O. The molecule has 0 radical (unpaired) electrons. The normalized spacial score (nSPS) is 16.9. The van der Waals surface area contributed by atoms with Crippen molar-refractivity contribution >= 4 is 27.3 Å². The summed E-state index contributed by atoms with van der Waals surface area (Å²) in [6, 6.07) is 16.4. The Morgan fingerprint density at radius 1 is 1.09 bits per heavy atom. The summed E-state index contributed by atoms with van der Waals surface area (Å²) in [5.41, 5.74) is 7.46. The number of hydrogen-bond donors (Lipinski definition) is 3. The van der Waals surface area contributed by atoms with Crippen molar-refractivity contribution in [2.75, 3.05) is 26.0 Å². The first-order valence-electron chi connectivity index (χ1n) is 11.6. The molecule has 0 aromatic heterocycles. The third-order valence-corrected chi connectivity index (χ3v) is 7.00. The van der Waals surface area contributed by atoms with Gasteiger partial charge in [0, 0.05) is 44.0 Å². The van der Waals surface area contributed by atoms with Crippen molar-refractivity contribution in [1.29, 1.82) is 0 Å². The lowest BCUT2D eigenvalue weighted by atomic mass is 10.0. The van der Waals surface area contributed by atoms with Crippen LogP contribution in [0.25, 0.3) is 5.70 Å². The number of rotatable bonds is 8. The zero-order chi connectivity index (χ0) is 25.4. The Balaban J connectivity index is 0.000000305. The van der Waals surface area contributed by atoms with Crippen LogP contribution in [-0.4, -0.2) is 32.4 Å². The SMILES string of the molecule is C=C(CC)C(=C)/C(Br)=C(\NC)NC(=C)c1ccccc1N(C)C.CC1c2ccccc2CC1O. The number of allylic oxidation sites excluding steroid dienone is 3. The highest BCUT2D eigenvalue weighted by atomic mass is 79.9. The van der Waals surface area contributed by atoms with Crippen molar-refractivity contribution in [3.8, 4) is 0 Å². The average molecular weight is 525 g/mol. The first kappa shape index (κ1) is 27.5. The first-order chi connectivity index (χ1) is 16.1. The van der Waals surface area contributed by atoms with Crippen molar-refractivity contribution in [1.82, 2.24) is 10.6 Å². The van der Waals surface area contributed by atoms with Gasteiger partial charge in [-0.15, -0.1) is 0 Å². The summed E-state index contributed by atoms with van der Waals surface area (Å²) in [6.45, 7) is 16.5. The standard InChI is InChI=1S/C19H26BrN3.C10H12O/c1-8-13(2)14(3)18(20)19(21-5)22-15(4)16-11-9-10-12-17(16)23(6)7;1-7-9-5-3-2-4-8(9)6-10(7)11/h9-12,21-22H,2-4,8H2,1,5-7H3;2-5,7,10-11H,6H2,1H3/b19-18-;. The van der Waals surface area contributed by atoms with Gasteiger partial charge in [0.25, 0.3) is 0 Å². The molecule has 0 heterocycles. The Morgan fingerprint density at radius 2 is 1.71 bits per heavy atom. The maximum absolute atomic E-state index is 9.52. The molecule has 1 aliphatic rings. The lowest BCUT2D eigenvalue weighted by molar-refractivity contribution is 0.163. The van der Waals surface area contributed by atoms with Crippen molar-refractivity contribution in [3.05, 3.63) is 106 Å². The molecule has 3 N–H and O–H groups in total. The van der Waals surface area contributed by atoms with Gasteiger partial charge < -0.3 is 20.6 Å². The Bertz CT molecular complexity index is 1070. The molecule has 0 saturated heterocycles. The van der Waals surface area contributed by atoms with E-state index in [1.54, 1.807) is 0 Å². The molecule has 0 aliphatic heterocycles. The Morgan fingerprint density at radius 3 is 2.29 bits per heavy atom. The monoisotopic (exact) mass is 523 g/mol. The van der Waals surface area contributed by atoms with E-state index in [4.69, 9.17) is 0 Å². The third-order valence-electron chi connectivity index (χ3n) is 6.13. The predicted octanol–water partition coefficient (Wildman–Crippen LogP) is 6.33. The minimum absolute atomic E-state index is 0.160. The fourth-order valence-corrected chi connectivity index (χ4v) is 4.44. The largest absolute Gasteiger partial charge is 0.392 e. The second-order valence-corrected chi connectivity index (χ2v) is 9.44. The summed E-state index contributed by atoms with van der Waals surface area (Å²) in [5, 5.41) is 16.0. The Labute approximate surface area is 213 Å². The van der Waals surface area contributed by atoms with Crippen LogP contribution in [0.2, 0.25) is 0 Å². The number of para-hydroxylation sites is 1.